The zero-order chi connectivity index (χ0) is 24.4. The maximum absolute atomic E-state index is 12.6. The van der Waals surface area contributed by atoms with Crippen molar-refractivity contribution >= 4 is 33.4 Å². The Labute approximate surface area is 189 Å². The predicted molar refractivity (Wildman–Crippen MR) is 123 cm³/mol. The fourth-order valence-electron chi connectivity index (χ4n) is 3.70. The highest BCUT2D eigenvalue weighted by molar-refractivity contribution is 7.90. The molecule has 1 amide bonds. The Kier molecular flexibility index (Phi) is 7.56. The van der Waals surface area contributed by atoms with Gasteiger partial charge in [0.05, 0.1) is 22.7 Å². The Morgan fingerprint density at radius 3 is 2.34 bits per heavy atom. The van der Waals surface area contributed by atoms with Gasteiger partial charge in [-0.05, 0) is 57.7 Å². The largest absolute Gasteiger partial charge is 0.460 e. The zero-order valence-corrected chi connectivity index (χ0v) is 20.0. The third-order valence-electron chi connectivity index (χ3n) is 5.12. The molecule has 2 rings (SSSR count). The molecule has 0 saturated carbocycles. The molecule has 2 unspecified atom stereocenters. The molecule has 1 heterocycles. The van der Waals surface area contributed by atoms with E-state index in [1.807, 2.05) is 6.92 Å². The summed E-state index contributed by atoms with van der Waals surface area (Å²) in [7, 11) is -3.72. The molecule has 0 bridgehead atoms. The third-order valence-corrected chi connectivity index (χ3v) is 6.25. The molecule has 0 radical (unpaired) electrons. The van der Waals surface area contributed by atoms with E-state index in [-0.39, 0.29) is 22.3 Å². The van der Waals surface area contributed by atoms with Gasteiger partial charge in [0.25, 0.3) is 5.91 Å². The van der Waals surface area contributed by atoms with Gasteiger partial charge in [-0.2, -0.15) is 4.99 Å². The zero-order valence-electron chi connectivity index (χ0n) is 19.2. The smallest absolute Gasteiger partial charge is 0.309 e. The summed E-state index contributed by atoms with van der Waals surface area (Å²) in [6, 6.07) is 2.93. The first-order valence-corrected chi connectivity index (χ1v) is 12.3. The van der Waals surface area contributed by atoms with Gasteiger partial charge in [-0.15, -0.1) is 0 Å². The van der Waals surface area contributed by atoms with E-state index in [1.165, 1.54) is 6.07 Å². The maximum Gasteiger partial charge on any atom is 0.309 e. The summed E-state index contributed by atoms with van der Waals surface area (Å²) in [6.07, 6.45) is 1.68. The summed E-state index contributed by atoms with van der Waals surface area (Å²) in [5.41, 5.74) is 17.5. The summed E-state index contributed by atoms with van der Waals surface area (Å²) < 4.78 is 30.7. The van der Waals surface area contributed by atoms with Gasteiger partial charge in [0.1, 0.15) is 5.60 Å². The van der Waals surface area contributed by atoms with Crippen LogP contribution in [0.2, 0.25) is 0 Å². The number of aryl methyl sites for hydroxylation is 1. The van der Waals surface area contributed by atoms with Crippen molar-refractivity contribution in [1.29, 1.82) is 0 Å². The second kappa shape index (κ2) is 9.45. The van der Waals surface area contributed by atoms with Crippen LogP contribution in [0.3, 0.4) is 0 Å². The molecule has 1 aliphatic heterocycles. The van der Waals surface area contributed by atoms with Crippen LogP contribution in [0, 0.1) is 5.92 Å². The van der Waals surface area contributed by atoms with E-state index in [2.05, 4.69) is 4.99 Å². The van der Waals surface area contributed by atoms with Gasteiger partial charge in [0.15, 0.2) is 15.8 Å². The molecule has 178 valence electrons. The molecule has 32 heavy (non-hydrogen) atoms. The van der Waals surface area contributed by atoms with Gasteiger partial charge in [-0.25, -0.2) is 8.42 Å². The topological polar surface area (TPSA) is 171 Å². The molecular formula is C21H33N5O5S. The highest BCUT2D eigenvalue weighted by Gasteiger charge is 2.35. The van der Waals surface area contributed by atoms with Crippen LogP contribution in [0.5, 0.6) is 0 Å². The molecule has 1 aromatic carbocycles. The van der Waals surface area contributed by atoms with Gasteiger partial charge >= 0.3 is 5.97 Å². The first-order chi connectivity index (χ1) is 14.6. The Balaban J connectivity index is 2.46. The van der Waals surface area contributed by atoms with Crippen LogP contribution in [0.1, 0.15) is 56.5 Å². The molecule has 0 aromatic heterocycles. The second-order valence-electron chi connectivity index (χ2n) is 8.96. The molecule has 1 aliphatic rings. The molecule has 2 atom stereocenters. The molecule has 10 nitrogen and oxygen atoms in total. The number of hydrogen-bond donors (Lipinski definition) is 3. The minimum absolute atomic E-state index is 0.0463. The number of nitrogens with zero attached hydrogens (tertiary/aromatic N) is 2. The minimum atomic E-state index is -3.72. The number of sulfone groups is 1. The van der Waals surface area contributed by atoms with E-state index in [1.54, 1.807) is 31.7 Å². The summed E-state index contributed by atoms with van der Waals surface area (Å²) in [6.45, 7) is 7.60. The standard InChI is InChI=1S/C21H33N5O5S/c1-6-12-9-15(16(32(5,29)30)11-14(12)18(27)25-20(23)24)26-8-7-13(10-17(26)22)19(28)31-21(2,3)4/h9,11,13,17H,6-8,10,22H2,1-5H3,(H4,23,24,25,27). The number of aliphatic imine (C=N–C) groups is 1. The molecular weight excluding hydrogens is 434 g/mol. The van der Waals surface area contributed by atoms with Crippen molar-refractivity contribution < 1.29 is 22.7 Å². The van der Waals surface area contributed by atoms with Crippen LogP contribution in [0.4, 0.5) is 5.69 Å². The van der Waals surface area contributed by atoms with E-state index < -0.39 is 33.5 Å². The van der Waals surface area contributed by atoms with E-state index >= 15 is 0 Å². The summed E-state index contributed by atoms with van der Waals surface area (Å²) >= 11 is 0. The van der Waals surface area contributed by atoms with E-state index in [9.17, 15) is 18.0 Å². The van der Waals surface area contributed by atoms with Gasteiger partial charge in [-0.1, -0.05) is 6.92 Å². The third kappa shape index (κ3) is 6.19. The lowest BCUT2D eigenvalue weighted by Gasteiger charge is -2.39. The number of rotatable bonds is 5. The number of anilines is 1. The van der Waals surface area contributed by atoms with E-state index in [4.69, 9.17) is 21.9 Å². The van der Waals surface area contributed by atoms with Crippen molar-refractivity contribution in [3.8, 4) is 0 Å². The Bertz CT molecular complexity index is 1030. The molecule has 1 fully saturated rings. The number of nitrogens with two attached hydrogens (primary N) is 3. The van der Waals surface area contributed by atoms with E-state index in [0.717, 1.165) is 6.26 Å². The van der Waals surface area contributed by atoms with Crippen LogP contribution in [-0.4, -0.2) is 50.8 Å². The number of piperidine rings is 1. The van der Waals surface area contributed by atoms with E-state index in [0.29, 0.717) is 37.1 Å². The van der Waals surface area contributed by atoms with Crippen molar-refractivity contribution in [3.05, 3.63) is 23.3 Å². The predicted octanol–water partition coefficient (Wildman–Crippen LogP) is 0.909. The van der Waals surface area contributed by atoms with Gasteiger partial charge in [-0.3, -0.25) is 9.59 Å². The molecule has 0 aliphatic carbocycles. The number of guanidine groups is 1. The Morgan fingerprint density at radius 1 is 1.25 bits per heavy atom. The number of ether oxygens (including phenoxy) is 1. The number of carbonyl (C=O) groups excluding carboxylic acids is 2. The highest BCUT2D eigenvalue weighted by Crippen LogP contribution is 2.35. The Morgan fingerprint density at radius 2 is 1.88 bits per heavy atom. The average molecular weight is 468 g/mol. The van der Waals surface area contributed by atoms with Crippen LogP contribution in [0.15, 0.2) is 22.0 Å². The number of amides is 1. The summed E-state index contributed by atoms with van der Waals surface area (Å²) in [4.78, 5) is 30.2. The van der Waals surface area contributed by atoms with Crippen molar-refractivity contribution in [3.63, 3.8) is 0 Å². The second-order valence-corrected chi connectivity index (χ2v) is 10.9. The fraction of sp³-hybridized carbons (Fsp3) is 0.571. The molecule has 0 spiro atoms. The number of carbonyl (C=O) groups is 2. The molecule has 6 N–H and O–H groups in total. The van der Waals surface area contributed by atoms with Crippen molar-refractivity contribution in [2.75, 3.05) is 17.7 Å². The van der Waals surface area contributed by atoms with Crippen LogP contribution >= 0.6 is 0 Å². The minimum Gasteiger partial charge on any atom is -0.460 e. The van der Waals surface area contributed by atoms with Gasteiger partial charge in [0, 0.05) is 18.4 Å². The van der Waals surface area contributed by atoms with Gasteiger partial charge < -0.3 is 26.8 Å². The quantitative estimate of drug-likeness (QED) is 0.323. The fourth-order valence-corrected chi connectivity index (χ4v) is 4.59. The lowest BCUT2D eigenvalue weighted by atomic mass is 9.93. The molecule has 11 heteroatoms. The summed E-state index contributed by atoms with van der Waals surface area (Å²) in [5.74, 6) is -1.82. The Hall–Kier alpha value is -2.66. The monoisotopic (exact) mass is 467 g/mol. The maximum atomic E-state index is 12.6. The molecule has 1 saturated heterocycles. The van der Waals surface area contributed by atoms with Crippen molar-refractivity contribution in [2.45, 2.75) is 63.6 Å². The number of esters is 1. The van der Waals surface area contributed by atoms with Crippen molar-refractivity contribution in [2.24, 2.45) is 28.1 Å². The number of hydrogen-bond acceptors (Lipinski definition) is 7. The molecule has 1 aromatic rings. The van der Waals surface area contributed by atoms with Gasteiger partial charge in [0.2, 0.25) is 0 Å². The first kappa shape index (κ1) is 25.6. The van der Waals surface area contributed by atoms with Crippen molar-refractivity contribution in [1.82, 2.24) is 0 Å². The van der Waals surface area contributed by atoms with Crippen LogP contribution in [0.25, 0.3) is 0 Å². The number of benzene rings is 1. The lowest BCUT2D eigenvalue weighted by Crippen LogP contribution is -2.50. The lowest BCUT2D eigenvalue weighted by molar-refractivity contribution is -0.161. The average Bonchev–Trinajstić information content (AvgIpc) is 2.64. The summed E-state index contributed by atoms with van der Waals surface area (Å²) in [5, 5.41) is 0. The highest BCUT2D eigenvalue weighted by atomic mass is 32.2. The normalized spacial score (nSPS) is 19.4. The SMILES string of the molecule is CCc1cc(N2CCC(C(=O)OC(C)(C)C)CC2N)c(S(C)(=O)=O)cc1C(=O)N=C(N)N. The van der Waals surface area contributed by atoms with Crippen LogP contribution < -0.4 is 22.1 Å². The first-order valence-electron chi connectivity index (χ1n) is 10.4. The van der Waals surface area contributed by atoms with Crippen LogP contribution in [-0.2, 0) is 25.8 Å².